The number of nitrogens with one attached hydrogen (secondary N) is 1. The van der Waals surface area contributed by atoms with Crippen molar-refractivity contribution in [2.75, 3.05) is 13.1 Å². The van der Waals surface area contributed by atoms with Gasteiger partial charge in [0, 0.05) is 24.2 Å². The molecule has 1 atom stereocenters. The topological polar surface area (TPSA) is 82.5 Å². The lowest BCUT2D eigenvalue weighted by molar-refractivity contribution is -0.143. The number of piperidine rings is 1. The Morgan fingerprint density at radius 2 is 2.42 bits per heavy atom. The van der Waals surface area contributed by atoms with Crippen molar-refractivity contribution < 1.29 is 14.7 Å². The summed E-state index contributed by atoms with van der Waals surface area (Å²) in [6, 6.07) is -0.209. The number of amides is 2. The first kappa shape index (κ1) is 13.8. The molecule has 7 heteroatoms. The molecule has 0 aliphatic carbocycles. The summed E-state index contributed by atoms with van der Waals surface area (Å²) in [6.45, 7) is 3.21. The molecule has 0 unspecified atom stereocenters. The molecule has 19 heavy (non-hydrogen) atoms. The maximum Gasteiger partial charge on any atom is 0.317 e. The Balaban J connectivity index is 1.84. The first-order valence-electron chi connectivity index (χ1n) is 6.23. The summed E-state index contributed by atoms with van der Waals surface area (Å²) in [7, 11) is 0. The van der Waals surface area contributed by atoms with E-state index in [4.69, 9.17) is 5.11 Å². The van der Waals surface area contributed by atoms with Crippen molar-refractivity contribution in [2.45, 2.75) is 26.3 Å². The smallest absolute Gasteiger partial charge is 0.317 e. The van der Waals surface area contributed by atoms with Crippen molar-refractivity contribution in [3.05, 3.63) is 16.1 Å². The lowest BCUT2D eigenvalue weighted by Crippen LogP contribution is -2.46. The predicted octanol–water partition coefficient (Wildman–Crippen LogP) is 1.46. The van der Waals surface area contributed by atoms with E-state index in [2.05, 4.69) is 10.3 Å². The number of likely N-dealkylation sites (tertiary alicyclic amines) is 1. The molecule has 6 nitrogen and oxygen atoms in total. The van der Waals surface area contributed by atoms with Gasteiger partial charge in [0.1, 0.15) is 5.01 Å². The average Bonchev–Trinajstić information content (AvgIpc) is 2.82. The fraction of sp³-hybridized carbons (Fsp3) is 0.583. The molecule has 0 aromatic carbocycles. The maximum atomic E-state index is 11.9. The van der Waals surface area contributed by atoms with Gasteiger partial charge in [0.05, 0.1) is 12.5 Å². The van der Waals surface area contributed by atoms with E-state index in [1.165, 1.54) is 11.3 Å². The zero-order valence-corrected chi connectivity index (χ0v) is 11.6. The van der Waals surface area contributed by atoms with Gasteiger partial charge in [-0.15, -0.1) is 11.3 Å². The van der Waals surface area contributed by atoms with Crippen LogP contribution in [-0.2, 0) is 11.3 Å². The first-order chi connectivity index (χ1) is 9.06. The van der Waals surface area contributed by atoms with Crippen LogP contribution >= 0.6 is 11.3 Å². The molecular formula is C12H17N3O3S. The van der Waals surface area contributed by atoms with Crippen LogP contribution in [0.15, 0.2) is 5.38 Å². The zero-order valence-electron chi connectivity index (χ0n) is 10.8. The summed E-state index contributed by atoms with van der Waals surface area (Å²) in [5.74, 6) is -1.27. The maximum absolute atomic E-state index is 11.9. The van der Waals surface area contributed by atoms with Crippen molar-refractivity contribution in [2.24, 2.45) is 5.92 Å². The SMILES string of the molecule is Cc1csc(CNC(=O)N2CCC[C@@H](C(=O)O)C2)n1. The second kappa shape index (κ2) is 6.01. The predicted molar refractivity (Wildman–Crippen MR) is 71.0 cm³/mol. The molecule has 1 fully saturated rings. The van der Waals surface area contributed by atoms with Gasteiger partial charge in [0.15, 0.2) is 0 Å². The quantitative estimate of drug-likeness (QED) is 0.879. The largest absolute Gasteiger partial charge is 0.481 e. The van der Waals surface area contributed by atoms with Crippen LogP contribution in [0.2, 0.25) is 0 Å². The Labute approximate surface area is 115 Å². The number of urea groups is 1. The summed E-state index contributed by atoms with van der Waals surface area (Å²) < 4.78 is 0. The number of carbonyl (C=O) groups is 2. The molecule has 1 aliphatic rings. The van der Waals surface area contributed by atoms with E-state index in [-0.39, 0.29) is 12.6 Å². The number of hydrogen-bond donors (Lipinski definition) is 2. The van der Waals surface area contributed by atoms with Gasteiger partial charge in [-0.25, -0.2) is 9.78 Å². The van der Waals surface area contributed by atoms with E-state index in [1.54, 1.807) is 4.90 Å². The van der Waals surface area contributed by atoms with Gasteiger partial charge in [-0.1, -0.05) is 0 Å². The van der Waals surface area contributed by atoms with Crippen LogP contribution < -0.4 is 5.32 Å². The molecule has 0 bridgehead atoms. The molecule has 0 radical (unpaired) electrons. The minimum absolute atomic E-state index is 0.209. The molecular weight excluding hydrogens is 266 g/mol. The van der Waals surface area contributed by atoms with Crippen LogP contribution in [0.25, 0.3) is 0 Å². The Morgan fingerprint density at radius 3 is 3.05 bits per heavy atom. The van der Waals surface area contributed by atoms with Gasteiger partial charge < -0.3 is 15.3 Å². The number of aliphatic carboxylic acids is 1. The third-order valence-corrected chi connectivity index (χ3v) is 4.08. The number of carbonyl (C=O) groups excluding carboxylic acids is 1. The van der Waals surface area contributed by atoms with Crippen LogP contribution in [0.1, 0.15) is 23.5 Å². The number of carboxylic acid groups (broad SMARTS) is 1. The van der Waals surface area contributed by atoms with Crippen LogP contribution in [0, 0.1) is 12.8 Å². The molecule has 2 heterocycles. The minimum atomic E-state index is -0.826. The van der Waals surface area contributed by atoms with Crippen LogP contribution in [0.4, 0.5) is 4.79 Å². The molecule has 2 N–H and O–H groups in total. The summed E-state index contributed by atoms with van der Waals surface area (Å²) in [6.07, 6.45) is 1.38. The normalized spacial score (nSPS) is 19.2. The van der Waals surface area contributed by atoms with Crippen molar-refractivity contribution in [3.63, 3.8) is 0 Å². The van der Waals surface area contributed by atoms with Gasteiger partial charge in [0.25, 0.3) is 0 Å². The van der Waals surface area contributed by atoms with E-state index >= 15 is 0 Å². The van der Waals surface area contributed by atoms with E-state index in [0.717, 1.165) is 17.1 Å². The third kappa shape index (κ3) is 3.66. The summed E-state index contributed by atoms with van der Waals surface area (Å²) in [4.78, 5) is 28.7. The molecule has 0 saturated carbocycles. The highest BCUT2D eigenvalue weighted by atomic mass is 32.1. The summed E-state index contributed by atoms with van der Waals surface area (Å²) >= 11 is 1.51. The highest BCUT2D eigenvalue weighted by Crippen LogP contribution is 2.16. The molecule has 1 aromatic rings. The molecule has 1 aliphatic heterocycles. The highest BCUT2D eigenvalue weighted by Gasteiger charge is 2.27. The second-order valence-corrected chi connectivity index (χ2v) is 5.61. The van der Waals surface area contributed by atoms with Gasteiger partial charge >= 0.3 is 12.0 Å². The molecule has 1 saturated heterocycles. The van der Waals surface area contributed by atoms with Crippen molar-refractivity contribution in [3.8, 4) is 0 Å². The number of carboxylic acids is 1. The average molecular weight is 283 g/mol. The molecule has 2 amide bonds. The number of aromatic nitrogens is 1. The molecule has 1 aromatic heterocycles. The fourth-order valence-corrected chi connectivity index (χ4v) is 2.82. The van der Waals surface area contributed by atoms with E-state index < -0.39 is 11.9 Å². The number of thiazole rings is 1. The van der Waals surface area contributed by atoms with Gasteiger partial charge in [-0.3, -0.25) is 4.79 Å². The Kier molecular flexibility index (Phi) is 4.36. The molecule has 2 rings (SSSR count). The Morgan fingerprint density at radius 1 is 1.63 bits per heavy atom. The Bertz CT molecular complexity index is 475. The Hall–Kier alpha value is -1.63. The van der Waals surface area contributed by atoms with Gasteiger partial charge in [-0.05, 0) is 19.8 Å². The third-order valence-electron chi connectivity index (χ3n) is 3.12. The van der Waals surface area contributed by atoms with Crippen LogP contribution in [0.3, 0.4) is 0 Å². The first-order valence-corrected chi connectivity index (χ1v) is 7.11. The van der Waals surface area contributed by atoms with Crippen molar-refractivity contribution in [1.82, 2.24) is 15.2 Å². The lowest BCUT2D eigenvalue weighted by Gasteiger charge is -2.30. The number of aryl methyl sites for hydroxylation is 1. The van der Waals surface area contributed by atoms with Crippen molar-refractivity contribution in [1.29, 1.82) is 0 Å². The monoisotopic (exact) mass is 283 g/mol. The number of hydrogen-bond acceptors (Lipinski definition) is 4. The summed E-state index contributed by atoms with van der Waals surface area (Å²) in [5.41, 5.74) is 0.943. The van der Waals surface area contributed by atoms with E-state index in [1.807, 2.05) is 12.3 Å². The van der Waals surface area contributed by atoms with Gasteiger partial charge in [0.2, 0.25) is 0 Å². The van der Waals surface area contributed by atoms with Crippen LogP contribution in [-0.4, -0.2) is 40.1 Å². The second-order valence-electron chi connectivity index (χ2n) is 4.66. The summed E-state index contributed by atoms with van der Waals surface area (Å²) in [5, 5.41) is 14.6. The van der Waals surface area contributed by atoms with Gasteiger partial charge in [-0.2, -0.15) is 0 Å². The highest BCUT2D eigenvalue weighted by molar-refractivity contribution is 7.09. The molecule has 104 valence electrons. The standard InChI is InChI=1S/C12H17N3O3S/c1-8-7-19-10(14-8)5-13-12(18)15-4-2-3-9(6-15)11(16)17/h7,9H,2-6H2,1H3,(H,13,18)(H,16,17)/t9-/m1/s1. The number of rotatable bonds is 3. The minimum Gasteiger partial charge on any atom is -0.481 e. The van der Waals surface area contributed by atoms with Crippen LogP contribution in [0.5, 0.6) is 0 Å². The number of nitrogens with zero attached hydrogens (tertiary/aromatic N) is 2. The van der Waals surface area contributed by atoms with Crippen molar-refractivity contribution >= 4 is 23.3 Å². The lowest BCUT2D eigenvalue weighted by atomic mass is 9.99. The fourth-order valence-electron chi connectivity index (χ4n) is 2.11. The molecule has 0 spiro atoms. The van der Waals surface area contributed by atoms with E-state index in [9.17, 15) is 9.59 Å². The van der Waals surface area contributed by atoms with E-state index in [0.29, 0.717) is 19.5 Å². The zero-order chi connectivity index (χ0) is 13.8.